The molecule has 0 aliphatic carbocycles. The van der Waals surface area contributed by atoms with E-state index in [1.54, 1.807) is 0 Å². The van der Waals surface area contributed by atoms with Crippen LogP contribution in [0.25, 0.3) is 0 Å². The van der Waals surface area contributed by atoms with Crippen molar-refractivity contribution in [2.24, 2.45) is 5.41 Å². The summed E-state index contributed by atoms with van der Waals surface area (Å²) >= 11 is 0. The van der Waals surface area contributed by atoms with Crippen LogP contribution in [0.15, 0.2) is 0 Å². The maximum Gasteiger partial charge on any atom is 0.246 e. The summed E-state index contributed by atoms with van der Waals surface area (Å²) in [7, 11) is 0. The molecule has 0 bridgehead atoms. The average Bonchev–Trinajstić information content (AvgIpc) is 1.97. The number of hydrogen-bond acceptors (Lipinski definition) is 2. The molecule has 16 heavy (non-hydrogen) atoms. The zero-order chi connectivity index (χ0) is 12.8. The van der Waals surface area contributed by atoms with E-state index in [-0.39, 0.29) is 18.1 Å². The monoisotopic (exact) mass is 229 g/mol. The minimum Gasteiger partial charge on any atom is -0.372 e. The topological polar surface area (TPSA) is 38.3 Å². The predicted octanol–water partition coefficient (Wildman–Crippen LogP) is 2.74. The molecule has 1 amide bonds. The molecule has 0 saturated heterocycles. The Balaban J connectivity index is 3.50. The van der Waals surface area contributed by atoms with Crippen molar-refractivity contribution in [2.75, 3.05) is 13.2 Å². The molecule has 0 aliphatic heterocycles. The van der Waals surface area contributed by atoms with Crippen molar-refractivity contribution in [1.82, 2.24) is 5.32 Å². The van der Waals surface area contributed by atoms with Gasteiger partial charge in [0.1, 0.15) is 6.61 Å². The quantitative estimate of drug-likeness (QED) is 0.736. The number of rotatable bonds is 5. The van der Waals surface area contributed by atoms with Gasteiger partial charge in [0.05, 0.1) is 0 Å². The summed E-state index contributed by atoms with van der Waals surface area (Å²) < 4.78 is 5.32. The Morgan fingerprint density at radius 3 is 2.12 bits per heavy atom. The summed E-state index contributed by atoms with van der Waals surface area (Å²) in [6, 6.07) is 0. The van der Waals surface area contributed by atoms with Crippen molar-refractivity contribution in [3.63, 3.8) is 0 Å². The van der Waals surface area contributed by atoms with Gasteiger partial charge in [-0.05, 0) is 39.0 Å². The second-order valence-corrected chi connectivity index (χ2v) is 6.51. The lowest BCUT2D eigenvalue weighted by molar-refractivity contribution is -0.127. The van der Waals surface area contributed by atoms with Gasteiger partial charge < -0.3 is 10.1 Å². The Morgan fingerprint density at radius 2 is 1.69 bits per heavy atom. The van der Waals surface area contributed by atoms with Crippen LogP contribution in [0.4, 0.5) is 0 Å². The van der Waals surface area contributed by atoms with Crippen molar-refractivity contribution in [1.29, 1.82) is 0 Å². The number of hydrogen-bond donors (Lipinski definition) is 1. The van der Waals surface area contributed by atoms with Crippen molar-refractivity contribution in [3.05, 3.63) is 0 Å². The second kappa shape index (κ2) is 6.24. The van der Waals surface area contributed by atoms with Gasteiger partial charge in [0.15, 0.2) is 0 Å². The van der Waals surface area contributed by atoms with Crippen molar-refractivity contribution < 1.29 is 9.53 Å². The van der Waals surface area contributed by atoms with Gasteiger partial charge >= 0.3 is 0 Å². The lowest BCUT2D eigenvalue weighted by Crippen LogP contribution is -2.42. The molecule has 1 N–H and O–H groups in total. The fourth-order valence-electron chi connectivity index (χ4n) is 1.32. The van der Waals surface area contributed by atoms with Crippen LogP contribution in [-0.4, -0.2) is 24.7 Å². The molecule has 3 heteroatoms. The van der Waals surface area contributed by atoms with Crippen molar-refractivity contribution >= 4 is 5.91 Å². The van der Waals surface area contributed by atoms with Crippen LogP contribution in [0.2, 0.25) is 0 Å². The van der Waals surface area contributed by atoms with E-state index in [4.69, 9.17) is 4.74 Å². The Hall–Kier alpha value is -0.570. The molecule has 0 aromatic heterocycles. The van der Waals surface area contributed by atoms with E-state index in [9.17, 15) is 4.79 Å². The fraction of sp³-hybridized carbons (Fsp3) is 0.923. The molecule has 96 valence electrons. The van der Waals surface area contributed by atoms with E-state index in [0.29, 0.717) is 12.0 Å². The molecular weight excluding hydrogens is 202 g/mol. The largest absolute Gasteiger partial charge is 0.372 e. The molecule has 3 nitrogen and oxygen atoms in total. The average molecular weight is 229 g/mol. The van der Waals surface area contributed by atoms with Crippen LogP contribution in [-0.2, 0) is 9.53 Å². The SMILES string of the molecule is CC(C)(C)CCCOCC(=O)NC(C)(C)C. The summed E-state index contributed by atoms with van der Waals surface area (Å²) in [6.07, 6.45) is 2.13. The van der Waals surface area contributed by atoms with Crippen molar-refractivity contribution in [3.8, 4) is 0 Å². The third-order valence-corrected chi connectivity index (χ3v) is 1.96. The first-order valence-corrected chi connectivity index (χ1v) is 5.99. The summed E-state index contributed by atoms with van der Waals surface area (Å²) in [6.45, 7) is 13.3. The highest BCUT2D eigenvalue weighted by atomic mass is 16.5. The maximum absolute atomic E-state index is 11.4. The van der Waals surface area contributed by atoms with Crippen LogP contribution >= 0.6 is 0 Å². The first kappa shape index (κ1) is 15.4. The summed E-state index contributed by atoms with van der Waals surface area (Å²) in [5.74, 6) is -0.0386. The molecule has 0 aromatic carbocycles. The molecule has 0 saturated carbocycles. The predicted molar refractivity (Wildman–Crippen MR) is 67.4 cm³/mol. The molecule has 0 rings (SSSR count). The molecule has 0 fully saturated rings. The summed E-state index contributed by atoms with van der Waals surface area (Å²) in [4.78, 5) is 11.4. The zero-order valence-electron chi connectivity index (χ0n) is 11.6. The van der Waals surface area contributed by atoms with Gasteiger partial charge in [-0.2, -0.15) is 0 Å². The maximum atomic E-state index is 11.4. The Labute approximate surface area is 99.9 Å². The zero-order valence-corrected chi connectivity index (χ0v) is 11.6. The van der Waals surface area contributed by atoms with E-state index < -0.39 is 0 Å². The Kier molecular flexibility index (Phi) is 6.01. The van der Waals surface area contributed by atoms with Crippen LogP contribution in [0.3, 0.4) is 0 Å². The second-order valence-electron chi connectivity index (χ2n) is 6.51. The first-order chi connectivity index (χ1) is 7.10. The van der Waals surface area contributed by atoms with Crippen LogP contribution in [0, 0.1) is 5.41 Å². The van der Waals surface area contributed by atoms with E-state index in [1.165, 1.54) is 0 Å². The van der Waals surface area contributed by atoms with Gasteiger partial charge in [0.25, 0.3) is 0 Å². The molecule has 0 radical (unpaired) electrons. The van der Waals surface area contributed by atoms with Gasteiger partial charge in [-0.1, -0.05) is 20.8 Å². The van der Waals surface area contributed by atoms with Gasteiger partial charge in [0.2, 0.25) is 5.91 Å². The highest BCUT2D eigenvalue weighted by Gasteiger charge is 2.13. The van der Waals surface area contributed by atoms with Gasteiger partial charge in [0, 0.05) is 12.1 Å². The molecule has 0 spiro atoms. The fourth-order valence-corrected chi connectivity index (χ4v) is 1.32. The van der Waals surface area contributed by atoms with Crippen LogP contribution in [0.5, 0.6) is 0 Å². The molecule has 0 heterocycles. The minimum absolute atomic E-state index is 0.0386. The van der Waals surface area contributed by atoms with E-state index in [2.05, 4.69) is 26.1 Å². The number of amides is 1. The molecule has 0 atom stereocenters. The van der Waals surface area contributed by atoms with E-state index >= 15 is 0 Å². The van der Waals surface area contributed by atoms with Gasteiger partial charge in [-0.15, -0.1) is 0 Å². The Bertz CT molecular complexity index is 211. The molecule has 0 aromatic rings. The van der Waals surface area contributed by atoms with Crippen molar-refractivity contribution in [2.45, 2.75) is 59.9 Å². The third-order valence-electron chi connectivity index (χ3n) is 1.96. The lowest BCUT2D eigenvalue weighted by atomic mass is 9.91. The minimum atomic E-state index is -0.175. The Morgan fingerprint density at radius 1 is 1.12 bits per heavy atom. The van der Waals surface area contributed by atoms with E-state index in [1.807, 2.05) is 20.8 Å². The number of nitrogens with one attached hydrogen (secondary N) is 1. The number of ether oxygens (including phenoxy) is 1. The highest BCUT2D eigenvalue weighted by molar-refractivity contribution is 5.77. The van der Waals surface area contributed by atoms with Gasteiger partial charge in [-0.3, -0.25) is 4.79 Å². The van der Waals surface area contributed by atoms with E-state index in [0.717, 1.165) is 12.8 Å². The molecule has 0 unspecified atom stereocenters. The third kappa shape index (κ3) is 11.5. The summed E-state index contributed by atoms with van der Waals surface area (Å²) in [5, 5.41) is 2.86. The number of carbonyl (C=O) groups excluding carboxylic acids is 1. The summed E-state index contributed by atoms with van der Waals surface area (Å²) in [5.41, 5.74) is 0.170. The number of carbonyl (C=O) groups is 1. The highest BCUT2D eigenvalue weighted by Crippen LogP contribution is 2.20. The standard InChI is InChI=1S/C13H27NO2/c1-12(2,3)8-7-9-16-10-11(15)14-13(4,5)6/h7-10H2,1-6H3,(H,14,15). The first-order valence-electron chi connectivity index (χ1n) is 5.99. The molecular formula is C13H27NO2. The smallest absolute Gasteiger partial charge is 0.246 e. The van der Waals surface area contributed by atoms with Crippen LogP contribution in [0.1, 0.15) is 54.4 Å². The lowest BCUT2D eigenvalue weighted by Gasteiger charge is -2.20. The normalized spacial score (nSPS) is 12.6. The molecule has 0 aliphatic rings. The van der Waals surface area contributed by atoms with Crippen LogP contribution < -0.4 is 5.32 Å². The van der Waals surface area contributed by atoms with Gasteiger partial charge in [-0.25, -0.2) is 0 Å².